The first-order valence-corrected chi connectivity index (χ1v) is 6.80. The quantitative estimate of drug-likeness (QED) is 0.524. The zero-order valence-electron chi connectivity index (χ0n) is 9.26. The van der Waals surface area contributed by atoms with E-state index in [0.29, 0.717) is 0 Å². The van der Waals surface area contributed by atoms with Crippen molar-refractivity contribution in [2.75, 3.05) is 16.8 Å². The van der Waals surface area contributed by atoms with Gasteiger partial charge in [0.2, 0.25) is 11.7 Å². The number of amides is 1. The minimum atomic E-state index is -0.595. The Hall–Kier alpha value is -1.34. The average molecular weight is 288 g/mol. The van der Waals surface area contributed by atoms with Gasteiger partial charge in [0.15, 0.2) is 0 Å². The summed E-state index contributed by atoms with van der Waals surface area (Å²) in [7, 11) is 0. The van der Waals surface area contributed by atoms with Gasteiger partial charge in [-0.25, -0.2) is 4.98 Å². The van der Waals surface area contributed by atoms with E-state index in [1.807, 2.05) is 0 Å². The predicted octanol–water partition coefficient (Wildman–Crippen LogP) is 2.33. The van der Waals surface area contributed by atoms with Crippen LogP contribution in [-0.4, -0.2) is 27.3 Å². The zero-order valence-corrected chi connectivity index (χ0v) is 10.8. The van der Waals surface area contributed by atoms with Crippen LogP contribution < -0.4 is 5.32 Å². The van der Waals surface area contributed by atoms with E-state index in [1.54, 1.807) is 11.8 Å². The Morgan fingerprint density at radius 1 is 1.61 bits per heavy atom. The fourth-order valence-corrected chi connectivity index (χ4v) is 3.00. The number of nitrogens with one attached hydrogen (secondary N) is 1. The molecule has 1 aliphatic rings. The van der Waals surface area contributed by atoms with Crippen molar-refractivity contribution >= 4 is 40.8 Å². The highest BCUT2D eigenvalue weighted by Gasteiger charge is 2.26. The van der Waals surface area contributed by atoms with Crippen LogP contribution in [0.2, 0.25) is 5.15 Å². The van der Waals surface area contributed by atoms with Crippen molar-refractivity contribution in [2.45, 2.75) is 6.42 Å². The Morgan fingerprint density at radius 3 is 3.00 bits per heavy atom. The number of pyridine rings is 1. The number of carbonyl (C=O) groups is 1. The van der Waals surface area contributed by atoms with Gasteiger partial charge in [0, 0.05) is 17.7 Å². The molecule has 6 nitrogen and oxygen atoms in total. The lowest BCUT2D eigenvalue weighted by Crippen LogP contribution is -2.23. The third kappa shape index (κ3) is 2.91. The predicted molar refractivity (Wildman–Crippen MR) is 70.0 cm³/mol. The zero-order chi connectivity index (χ0) is 13.1. The van der Waals surface area contributed by atoms with Crippen LogP contribution >= 0.6 is 23.4 Å². The molecule has 0 spiro atoms. The van der Waals surface area contributed by atoms with E-state index >= 15 is 0 Å². The van der Waals surface area contributed by atoms with E-state index < -0.39 is 4.92 Å². The van der Waals surface area contributed by atoms with Crippen molar-refractivity contribution in [3.63, 3.8) is 0 Å². The Bertz CT molecular complexity index is 491. The third-order valence-corrected chi connectivity index (χ3v) is 3.95. The lowest BCUT2D eigenvalue weighted by atomic mass is 10.1. The van der Waals surface area contributed by atoms with Crippen LogP contribution in [0.5, 0.6) is 0 Å². The molecule has 0 aliphatic carbocycles. The number of rotatable bonds is 3. The SMILES string of the molecule is O=C(Nc1nc(Cl)ccc1[N+](=O)[O-])C1CCSC1. The topological polar surface area (TPSA) is 85.1 Å². The van der Waals surface area contributed by atoms with Crippen molar-refractivity contribution in [2.24, 2.45) is 5.92 Å². The summed E-state index contributed by atoms with van der Waals surface area (Å²) in [5.74, 6) is 1.23. The fraction of sp³-hybridized carbons (Fsp3) is 0.400. The normalized spacial score (nSPS) is 18.6. The van der Waals surface area contributed by atoms with E-state index in [9.17, 15) is 14.9 Å². The van der Waals surface area contributed by atoms with Crippen molar-refractivity contribution in [1.82, 2.24) is 4.98 Å². The molecule has 18 heavy (non-hydrogen) atoms. The van der Waals surface area contributed by atoms with Crippen LogP contribution in [0.25, 0.3) is 0 Å². The molecule has 1 unspecified atom stereocenters. The second-order valence-corrected chi connectivity index (χ2v) is 5.35. The molecular formula is C10H10ClN3O3S. The fourth-order valence-electron chi connectivity index (χ4n) is 1.63. The highest BCUT2D eigenvalue weighted by Crippen LogP contribution is 2.27. The van der Waals surface area contributed by atoms with Gasteiger partial charge in [-0.3, -0.25) is 14.9 Å². The minimum absolute atomic E-state index is 0.0885. The summed E-state index contributed by atoms with van der Waals surface area (Å²) >= 11 is 7.37. The second-order valence-electron chi connectivity index (χ2n) is 3.81. The van der Waals surface area contributed by atoms with Gasteiger partial charge in [-0.05, 0) is 18.2 Å². The van der Waals surface area contributed by atoms with E-state index in [1.165, 1.54) is 12.1 Å². The van der Waals surface area contributed by atoms with Crippen molar-refractivity contribution < 1.29 is 9.72 Å². The first-order chi connectivity index (χ1) is 8.58. The molecule has 1 fully saturated rings. The Labute approximate surface area is 112 Å². The first-order valence-electron chi connectivity index (χ1n) is 5.27. The molecule has 0 bridgehead atoms. The maximum absolute atomic E-state index is 11.9. The molecule has 0 saturated carbocycles. The number of nitro groups is 1. The number of thioether (sulfide) groups is 1. The number of nitrogens with zero attached hydrogens (tertiary/aromatic N) is 2. The second kappa shape index (κ2) is 5.53. The third-order valence-electron chi connectivity index (χ3n) is 2.58. The maximum atomic E-state index is 11.9. The van der Waals surface area contributed by atoms with Crippen molar-refractivity contribution in [3.05, 3.63) is 27.4 Å². The molecule has 1 amide bonds. The van der Waals surface area contributed by atoms with Crippen LogP contribution in [0.1, 0.15) is 6.42 Å². The maximum Gasteiger partial charge on any atom is 0.311 e. The molecule has 1 aliphatic heterocycles. The molecular weight excluding hydrogens is 278 g/mol. The molecule has 1 saturated heterocycles. The number of carbonyl (C=O) groups excluding carboxylic acids is 1. The van der Waals surface area contributed by atoms with Gasteiger partial charge in [0.1, 0.15) is 5.15 Å². The standard InChI is InChI=1S/C10H10ClN3O3S/c11-8-2-1-7(14(16)17)9(12-8)13-10(15)6-3-4-18-5-6/h1-2,6H,3-5H2,(H,12,13,15). The summed E-state index contributed by atoms with van der Waals surface area (Å²) < 4.78 is 0. The molecule has 2 heterocycles. The monoisotopic (exact) mass is 287 g/mol. The summed E-state index contributed by atoms with van der Waals surface area (Å²) in [6.45, 7) is 0. The van der Waals surface area contributed by atoms with Crippen LogP contribution in [0.4, 0.5) is 11.5 Å². The molecule has 1 aromatic heterocycles. The number of hydrogen-bond acceptors (Lipinski definition) is 5. The van der Waals surface area contributed by atoms with Crippen LogP contribution in [0.15, 0.2) is 12.1 Å². The molecule has 1 N–H and O–H groups in total. The largest absolute Gasteiger partial charge is 0.311 e. The van der Waals surface area contributed by atoms with Gasteiger partial charge in [-0.1, -0.05) is 11.6 Å². The molecule has 96 valence electrons. The summed E-state index contributed by atoms with van der Waals surface area (Å²) in [6.07, 6.45) is 0.783. The number of hydrogen-bond donors (Lipinski definition) is 1. The molecule has 0 aromatic carbocycles. The Morgan fingerprint density at radius 2 is 2.39 bits per heavy atom. The smallest absolute Gasteiger partial charge is 0.305 e. The van der Waals surface area contributed by atoms with E-state index in [-0.39, 0.29) is 28.5 Å². The number of halogens is 1. The van der Waals surface area contributed by atoms with Gasteiger partial charge in [0.05, 0.1) is 4.92 Å². The molecule has 8 heteroatoms. The molecule has 2 rings (SSSR count). The lowest BCUT2D eigenvalue weighted by molar-refractivity contribution is -0.384. The summed E-state index contributed by atoms with van der Waals surface area (Å²) in [5.41, 5.74) is -0.251. The van der Waals surface area contributed by atoms with Crippen LogP contribution in [-0.2, 0) is 4.79 Å². The first kappa shape index (κ1) is 13.1. The van der Waals surface area contributed by atoms with Crippen molar-refractivity contribution in [1.29, 1.82) is 0 Å². The Kier molecular flexibility index (Phi) is 4.03. The van der Waals surface area contributed by atoms with Gasteiger partial charge in [-0.15, -0.1) is 0 Å². The lowest BCUT2D eigenvalue weighted by Gasteiger charge is -2.09. The molecule has 1 aromatic rings. The van der Waals surface area contributed by atoms with Crippen molar-refractivity contribution in [3.8, 4) is 0 Å². The van der Waals surface area contributed by atoms with Crippen LogP contribution in [0, 0.1) is 16.0 Å². The van der Waals surface area contributed by atoms with Crippen LogP contribution in [0.3, 0.4) is 0 Å². The highest BCUT2D eigenvalue weighted by atomic mass is 35.5. The number of aromatic nitrogens is 1. The van der Waals surface area contributed by atoms with Gasteiger partial charge in [-0.2, -0.15) is 11.8 Å². The highest BCUT2D eigenvalue weighted by molar-refractivity contribution is 7.99. The van der Waals surface area contributed by atoms with E-state index in [4.69, 9.17) is 11.6 Å². The average Bonchev–Trinajstić information content (AvgIpc) is 2.81. The van der Waals surface area contributed by atoms with Gasteiger partial charge >= 0.3 is 5.69 Å². The minimum Gasteiger partial charge on any atom is -0.305 e. The summed E-state index contributed by atoms with van der Waals surface area (Å²) in [5, 5.41) is 13.4. The van der Waals surface area contributed by atoms with Gasteiger partial charge in [0.25, 0.3) is 0 Å². The molecule has 0 radical (unpaired) electrons. The summed E-state index contributed by atoms with van der Waals surface area (Å²) in [6, 6.07) is 2.55. The van der Waals surface area contributed by atoms with E-state index in [0.717, 1.165) is 17.9 Å². The van der Waals surface area contributed by atoms with E-state index in [2.05, 4.69) is 10.3 Å². The number of anilines is 1. The summed E-state index contributed by atoms with van der Waals surface area (Å²) in [4.78, 5) is 25.9. The Balaban J connectivity index is 2.19. The molecule has 1 atom stereocenters. The van der Waals surface area contributed by atoms with Gasteiger partial charge < -0.3 is 5.32 Å².